The van der Waals surface area contributed by atoms with Crippen molar-refractivity contribution >= 4 is 102 Å². The maximum atomic E-state index is 5.47. The summed E-state index contributed by atoms with van der Waals surface area (Å²) in [5.41, 5.74) is 21.9. The van der Waals surface area contributed by atoms with E-state index in [4.69, 9.17) is 4.99 Å². The molecule has 2 aliphatic rings. The lowest BCUT2D eigenvalue weighted by Gasteiger charge is -2.33. The molecule has 0 amide bonds. The highest BCUT2D eigenvalue weighted by Gasteiger charge is 2.24. The number of anilines is 16. The minimum absolute atomic E-state index is 0.176. The molecule has 99 heavy (non-hydrogen) atoms. The predicted octanol–water partition coefficient (Wildman–Crippen LogP) is 25.4. The topological polar surface area (TPSA) is 31.8 Å². The van der Waals surface area contributed by atoms with Crippen LogP contribution in [0.15, 0.2) is 411 Å². The third kappa shape index (κ3) is 14.0. The number of rotatable bonds is 21. The van der Waals surface area contributed by atoms with Crippen LogP contribution in [-0.2, 0) is 0 Å². The number of benzene rings is 13. The molecule has 0 N–H and O–H groups in total. The quantitative estimate of drug-likeness (QED) is 0.0667. The maximum absolute atomic E-state index is 5.47. The molecule has 7 nitrogen and oxygen atoms in total. The van der Waals surface area contributed by atoms with Crippen molar-refractivity contribution in [1.29, 1.82) is 0 Å². The van der Waals surface area contributed by atoms with E-state index in [1.54, 1.807) is 0 Å². The molecule has 2 unspecified atom stereocenters. The van der Waals surface area contributed by atoms with Gasteiger partial charge in [-0.05, 0) is 231 Å². The Morgan fingerprint density at radius 1 is 0.273 bits per heavy atom. The normalized spacial score (nSPS) is 14.0. The van der Waals surface area contributed by atoms with Gasteiger partial charge in [-0.2, -0.15) is 0 Å². The lowest BCUT2D eigenvalue weighted by atomic mass is 10.00. The second kappa shape index (κ2) is 29.5. The van der Waals surface area contributed by atoms with E-state index in [0.29, 0.717) is 5.92 Å². The zero-order chi connectivity index (χ0) is 66.5. The lowest BCUT2D eigenvalue weighted by molar-refractivity contribution is 0.728. The van der Waals surface area contributed by atoms with Crippen LogP contribution in [-0.4, -0.2) is 11.8 Å². The largest absolute Gasteiger partial charge is 0.334 e. The van der Waals surface area contributed by atoms with Gasteiger partial charge >= 0.3 is 0 Å². The van der Waals surface area contributed by atoms with Gasteiger partial charge in [0.1, 0.15) is 0 Å². The van der Waals surface area contributed by atoms with Crippen LogP contribution in [0.4, 0.5) is 96.7 Å². The molecule has 0 radical (unpaired) electrons. The van der Waals surface area contributed by atoms with E-state index >= 15 is 0 Å². The Hall–Kier alpha value is -12.7. The van der Waals surface area contributed by atoms with Gasteiger partial charge < -0.3 is 29.4 Å². The number of para-hydroxylation sites is 7. The molecular formula is C92H75N7. The Morgan fingerprint density at radius 3 is 0.859 bits per heavy atom. The first kappa shape index (κ1) is 62.4. The van der Waals surface area contributed by atoms with Crippen molar-refractivity contribution in [3.63, 3.8) is 0 Å². The summed E-state index contributed by atoms with van der Waals surface area (Å²) in [6, 6.07) is 128. The fraction of sp³-hybridized carbons (Fsp3) is 0.0543. The highest BCUT2D eigenvalue weighted by Crippen LogP contribution is 2.44. The summed E-state index contributed by atoms with van der Waals surface area (Å²) in [5.74, 6) is 0.494. The van der Waals surface area contributed by atoms with E-state index in [1.165, 1.54) is 5.70 Å². The Morgan fingerprint density at radius 2 is 0.545 bits per heavy atom. The maximum Gasteiger partial charge on any atom is 0.0781 e. The Balaban J connectivity index is 0.802. The smallest absolute Gasteiger partial charge is 0.0781 e. The average Bonchev–Trinajstić information content (AvgIpc) is 0.832. The molecule has 15 rings (SSSR count). The predicted molar refractivity (Wildman–Crippen MR) is 418 cm³/mol. The third-order valence-electron chi connectivity index (χ3n) is 18.2. The molecule has 0 saturated heterocycles. The summed E-state index contributed by atoms with van der Waals surface area (Å²) < 4.78 is 0. The van der Waals surface area contributed by atoms with Crippen molar-refractivity contribution < 1.29 is 0 Å². The first-order valence-electron chi connectivity index (χ1n) is 34.1. The summed E-state index contributed by atoms with van der Waals surface area (Å²) in [6.45, 7) is 2.27. The van der Waals surface area contributed by atoms with Gasteiger partial charge in [-0.1, -0.05) is 195 Å². The van der Waals surface area contributed by atoms with Crippen LogP contribution in [0.2, 0.25) is 0 Å². The number of hydrogen-bond donors (Lipinski definition) is 0. The summed E-state index contributed by atoms with van der Waals surface area (Å²) in [7, 11) is 0. The Bertz CT molecular complexity index is 4830. The Labute approximate surface area is 582 Å². The standard InChI is InChI=1S/C92H75N7/c1-70-42-48-81(49-43-70)97(80-40-24-9-25-41-80)87-60-68-91(69-61-87)99(90-66-58-86(59-67-90)96(78-36-20-7-21-37-78)79-38-22-8-23-39-79)83-52-46-72(47-53-83)92(93-73-26-10-2-11-27-73)71-44-50-82(51-45-71)98(88-62-54-84(55-63-88)94(74-28-12-3-13-29-74)75-30-14-4-15-31-75)89-64-56-85(57-65-89)95(76-32-16-5-17-33-76)77-34-18-6-19-35-77/h2-34,36-42,44-70,77H,35,43H2,1H3/b93-92+. The van der Waals surface area contributed by atoms with Crippen LogP contribution < -0.4 is 29.4 Å². The van der Waals surface area contributed by atoms with Crippen molar-refractivity contribution in [2.75, 3.05) is 29.4 Å². The first-order valence-corrected chi connectivity index (χ1v) is 34.1. The van der Waals surface area contributed by atoms with Crippen LogP contribution in [0.1, 0.15) is 30.9 Å². The molecular weight excluding hydrogens is 1200 g/mol. The Kier molecular flexibility index (Phi) is 18.6. The van der Waals surface area contributed by atoms with Crippen LogP contribution in [0.3, 0.4) is 0 Å². The van der Waals surface area contributed by atoms with Gasteiger partial charge in [0.05, 0.1) is 17.4 Å². The molecule has 0 spiro atoms. The molecule has 478 valence electrons. The summed E-state index contributed by atoms with van der Waals surface area (Å²) in [5, 5.41) is 0. The lowest BCUT2D eigenvalue weighted by Crippen LogP contribution is -2.29. The molecule has 0 heterocycles. The highest BCUT2D eigenvalue weighted by molar-refractivity contribution is 6.14. The van der Waals surface area contributed by atoms with Crippen LogP contribution in [0.5, 0.6) is 0 Å². The van der Waals surface area contributed by atoms with Gasteiger partial charge in [0, 0.05) is 108 Å². The fourth-order valence-corrected chi connectivity index (χ4v) is 13.4. The molecule has 0 saturated carbocycles. The molecule has 13 aromatic carbocycles. The molecule has 2 atom stereocenters. The SMILES string of the molecule is CC1C=CC(N(c2ccccc2)c2ccc(N(c3ccc(/C(=N/c4ccccc4)c4ccc(N(c5ccc(N(c6ccccc6)c6ccccc6)cc5)c5ccc(N(c6ccccc6)C6C=CC=CC6)cc5)cc4)cc3)c3ccc(N(c4ccccc4)c4ccccc4)cc3)cc2)=CC1. The van der Waals surface area contributed by atoms with Crippen molar-refractivity contribution in [2.24, 2.45) is 10.9 Å². The monoisotopic (exact) mass is 1280 g/mol. The van der Waals surface area contributed by atoms with E-state index in [9.17, 15) is 0 Å². The van der Waals surface area contributed by atoms with Crippen molar-refractivity contribution in [2.45, 2.75) is 25.8 Å². The molecule has 7 heteroatoms. The summed E-state index contributed by atoms with van der Waals surface area (Å²) in [4.78, 5) is 19.6. The minimum atomic E-state index is 0.176. The van der Waals surface area contributed by atoms with Gasteiger partial charge in [-0.15, -0.1) is 0 Å². The van der Waals surface area contributed by atoms with E-state index < -0.39 is 0 Å². The van der Waals surface area contributed by atoms with Gasteiger partial charge in [0.25, 0.3) is 0 Å². The second-order valence-electron chi connectivity index (χ2n) is 24.8. The minimum Gasteiger partial charge on any atom is -0.334 e. The van der Waals surface area contributed by atoms with Gasteiger partial charge in [-0.3, -0.25) is 0 Å². The van der Waals surface area contributed by atoms with Crippen LogP contribution in [0.25, 0.3) is 0 Å². The number of aliphatic imine (C=N–C) groups is 1. The fourth-order valence-electron chi connectivity index (χ4n) is 13.4. The molecule has 0 bridgehead atoms. The number of hydrogen-bond acceptors (Lipinski definition) is 7. The van der Waals surface area contributed by atoms with Crippen molar-refractivity contribution in [3.8, 4) is 0 Å². The van der Waals surface area contributed by atoms with Crippen LogP contribution in [0, 0.1) is 5.92 Å². The number of nitrogens with zero attached hydrogens (tertiary/aromatic N) is 7. The van der Waals surface area contributed by atoms with E-state index in [2.05, 4.69) is 419 Å². The highest BCUT2D eigenvalue weighted by atomic mass is 15.2. The van der Waals surface area contributed by atoms with Crippen LogP contribution >= 0.6 is 0 Å². The molecule has 0 aliphatic heterocycles. The van der Waals surface area contributed by atoms with Gasteiger partial charge in [0.15, 0.2) is 0 Å². The van der Waals surface area contributed by atoms with Gasteiger partial charge in [-0.25, -0.2) is 4.99 Å². The molecule has 0 aromatic heterocycles. The average molecular weight is 1280 g/mol. The van der Waals surface area contributed by atoms with Gasteiger partial charge in [0.2, 0.25) is 0 Å². The molecule has 13 aromatic rings. The summed E-state index contributed by atoms with van der Waals surface area (Å²) in [6.07, 6.45) is 17.7. The van der Waals surface area contributed by atoms with E-state index in [0.717, 1.165) is 126 Å². The summed E-state index contributed by atoms with van der Waals surface area (Å²) >= 11 is 0. The van der Waals surface area contributed by atoms with Crippen molar-refractivity contribution in [3.05, 3.63) is 417 Å². The molecule has 2 aliphatic carbocycles. The molecule has 0 fully saturated rings. The van der Waals surface area contributed by atoms with Crippen molar-refractivity contribution in [1.82, 2.24) is 0 Å². The third-order valence-corrected chi connectivity index (χ3v) is 18.2. The van der Waals surface area contributed by atoms with E-state index in [1.807, 2.05) is 18.2 Å². The number of allylic oxidation sites excluding steroid dienone is 5. The second-order valence-corrected chi connectivity index (χ2v) is 24.8. The first-order chi connectivity index (χ1) is 49.0. The zero-order valence-corrected chi connectivity index (χ0v) is 55.3. The van der Waals surface area contributed by atoms with E-state index in [-0.39, 0.29) is 6.04 Å². The zero-order valence-electron chi connectivity index (χ0n) is 55.3.